The average molecular weight is 395 g/mol. The number of nitrogens with one attached hydrogen (secondary N) is 1. The molecule has 1 amide bonds. The minimum atomic E-state index is -2.05. The molecule has 0 bridgehead atoms. The van der Waals surface area contributed by atoms with Crippen LogP contribution in [-0.4, -0.2) is 35.4 Å². The van der Waals surface area contributed by atoms with Gasteiger partial charge in [-0.15, -0.1) is 0 Å². The minimum absolute atomic E-state index is 0.0523. The summed E-state index contributed by atoms with van der Waals surface area (Å²) >= 11 is 0. The standard InChI is InChI=1S/C19H20F3N3O3/c1-3-24(4-2)15(12-8-6-5-7-9-12)11-23-19(26)13-10-14(25(27)28)17(21)18(22)16(13)20/h5-10,15H,3-4,11H2,1-2H3,(H,23,26). The lowest BCUT2D eigenvalue weighted by molar-refractivity contribution is -0.387. The zero-order chi connectivity index (χ0) is 20.8. The molecule has 0 heterocycles. The van der Waals surface area contributed by atoms with E-state index in [1.54, 1.807) is 0 Å². The number of halogens is 3. The Morgan fingerprint density at radius 3 is 2.25 bits per heavy atom. The van der Waals surface area contributed by atoms with Gasteiger partial charge in [-0.25, -0.2) is 8.78 Å². The van der Waals surface area contributed by atoms with Crippen LogP contribution in [0, 0.1) is 27.6 Å². The first-order valence-corrected chi connectivity index (χ1v) is 8.70. The Morgan fingerprint density at radius 1 is 1.11 bits per heavy atom. The van der Waals surface area contributed by atoms with E-state index in [4.69, 9.17) is 0 Å². The van der Waals surface area contributed by atoms with Gasteiger partial charge >= 0.3 is 5.69 Å². The maximum atomic E-state index is 14.0. The lowest BCUT2D eigenvalue weighted by atomic mass is 10.0. The van der Waals surface area contributed by atoms with Crippen LogP contribution in [0.15, 0.2) is 36.4 Å². The van der Waals surface area contributed by atoms with E-state index in [2.05, 4.69) is 10.2 Å². The fourth-order valence-electron chi connectivity index (χ4n) is 2.97. The van der Waals surface area contributed by atoms with Gasteiger partial charge in [0.1, 0.15) is 0 Å². The first-order valence-electron chi connectivity index (χ1n) is 8.70. The molecule has 9 heteroatoms. The van der Waals surface area contributed by atoms with Gasteiger partial charge in [0.15, 0.2) is 5.82 Å². The molecule has 6 nitrogen and oxygen atoms in total. The zero-order valence-corrected chi connectivity index (χ0v) is 15.4. The molecule has 28 heavy (non-hydrogen) atoms. The average Bonchev–Trinajstić information content (AvgIpc) is 2.69. The van der Waals surface area contributed by atoms with Crippen molar-refractivity contribution < 1.29 is 22.9 Å². The van der Waals surface area contributed by atoms with Crippen LogP contribution in [0.25, 0.3) is 0 Å². The Morgan fingerprint density at radius 2 is 1.71 bits per heavy atom. The Balaban J connectivity index is 2.29. The first kappa shape index (κ1) is 21.4. The maximum absolute atomic E-state index is 14.0. The van der Waals surface area contributed by atoms with Gasteiger partial charge in [-0.3, -0.25) is 19.8 Å². The number of nitro benzene ring substituents is 1. The van der Waals surface area contributed by atoms with Crippen LogP contribution in [0.2, 0.25) is 0 Å². The molecule has 0 aliphatic carbocycles. The molecule has 0 aromatic heterocycles. The molecule has 150 valence electrons. The molecular formula is C19H20F3N3O3. The van der Waals surface area contributed by atoms with E-state index in [9.17, 15) is 28.1 Å². The van der Waals surface area contributed by atoms with Crippen molar-refractivity contribution in [2.45, 2.75) is 19.9 Å². The number of likely N-dealkylation sites (N-methyl/N-ethyl adjacent to an activating group) is 1. The number of hydrogen-bond donors (Lipinski definition) is 1. The zero-order valence-electron chi connectivity index (χ0n) is 15.4. The highest BCUT2D eigenvalue weighted by atomic mass is 19.2. The molecular weight excluding hydrogens is 375 g/mol. The lowest BCUT2D eigenvalue weighted by Gasteiger charge is -2.30. The van der Waals surface area contributed by atoms with E-state index in [-0.39, 0.29) is 12.6 Å². The van der Waals surface area contributed by atoms with Crippen LogP contribution in [0.5, 0.6) is 0 Å². The normalized spacial score (nSPS) is 12.1. The number of carbonyl (C=O) groups is 1. The highest BCUT2D eigenvalue weighted by molar-refractivity contribution is 5.95. The van der Waals surface area contributed by atoms with Crippen molar-refractivity contribution in [3.05, 3.63) is 75.1 Å². The number of rotatable bonds is 8. The van der Waals surface area contributed by atoms with E-state index >= 15 is 0 Å². The monoisotopic (exact) mass is 395 g/mol. The number of hydrogen-bond acceptors (Lipinski definition) is 4. The Labute approximate surface area is 160 Å². The Hall–Kier alpha value is -2.94. The van der Waals surface area contributed by atoms with Gasteiger partial charge in [-0.05, 0) is 18.7 Å². The van der Waals surface area contributed by atoms with Crippen LogP contribution < -0.4 is 5.32 Å². The molecule has 1 N–H and O–H groups in total. The summed E-state index contributed by atoms with van der Waals surface area (Å²) in [5.41, 5.74) is -1.31. The van der Waals surface area contributed by atoms with Gasteiger partial charge in [0, 0.05) is 12.6 Å². The predicted molar refractivity (Wildman–Crippen MR) is 97.4 cm³/mol. The molecule has 0 spiro atoms. The molecule has 0 aliphatic heterocycles. The quantitative estimate of drug-likeness (QED) is 0.419. The minimum Gasteiger partial charge on any atom is -0.350 e. The first-order chi connectivity index (χ1) is 13.3. The van der Waals surface area contributed by atoms with Gasteiger partial charge in [0.2, 0.25) is 11.6 Å². The van der Waals surface area contributed by atoms with E-state index in [0.717, 1.165) is 5.56 Å². The maximum Gasteiger partial charge on any atom is 0.308 e. The van der Waals surface area contributed by atoms with Crippen LogP contribution >= 0.6 is 0 Å². The van der Waals surface area contributed by atoms with Gasteiger partial charge in [0.05, 0.1) is 16.5 Å². The summed E-state index contributed by atoms with van der Waals surface area (Å²) in [4.78, 5) is 24.0. The summed E-state index contributed by atoms with van der Waals surface area (Å²) in [6.45, 7) is 5.30. The fraction of sp³-hybridized carbons (Fsp3) is 0.316. The predicted octanol–water partition coefficient (Wildman–Crippen LogP) is 3.83. The summed E-state index contributed by atoms with van der Waals surface area (Å²) in [6.07, 6.45) is 0. The van der Waals surface area contributed by atoms with Gasteiger partial charge in [-0.2, -0.15) is 4.39 Å². The second kappa shape index (κ2) is 9.32. The summed E-state index contributed by atoms with van der Waals surface area (Å²) in [6, 6.07) is 9.42. The van der Waals surface area contributed by atoms with Crippen LogP contribution in [0.1, 0.15) is 35.8 Å². The number of amides is 1. The smallest absolute Gasteiger partial charge is 0.308 e. The molecule has 0 radical (unpaired) electrons. The van der Waals surface area contributed by atoms with E-state index in [1.165, 1.54) is 0 Å². The van der Waals surface area contributed by atoms with Gasteiger partial charge in [0.25, 0.3) is 5.91 Å². The third-order valence-electron chi connectivity index (χ3n) is 4.46. The molecule has 2 rings (SSSR count). The number of nitro groups is 1. The topological polar surface area (TPSA) is 75.5 Å². The molecule has 0 fully saturated rings. The molecule has 0 aliphatic rings. The third-order valence-corrected chi connectivity index (χ3v) is 4.46. The van der Waals surface area contributed by atoms with Gasteiger partial charge < -0.3 is 5.32 Å². The Kier molecular flexibility index (Phi) is 7.11. The SMILES string of the molecule is CCN(CC)C(CNC(=O)c1cc([N+](=O)[O-])c(F)c(F)c1F)c1ccccc1. The number of carbonyl (C=O) groups excluding carboxylic acids is 1. The molecule has 0 saturated heterocycles. The van der Waals surface area contributed by atoms with E-state index in [1.807, 2.05) is 44.2 Å². The molecule has 2 aromatic carbocycles. The Bertz CT molecular complexity index is 858. The van der Waals surface area contributed by atoms with Crippen molar-refractivity contribution in [3.8, 4) is 0 Å². The van der Waals surface area contributed by atoms with Crippen molar-refractivity contribution in [1.82, 2.24) is 10.2 Å². The third kappa shape index (κ3) is 4.48. The molecule has 2 aromatic rings. The largest absolute Gasteiger partial charge is 0.350 e. The summed E-state index contributed by atoms with van der Waals surface area (Å²) in [5.74, 6) is -6.82. The van der Waals surface area contributed by atoms with Crippen molar-refractivity contribution in [1.29, 1.82) is 0 Å². The highest BCUT2D eigenvalue weighted by Crippen LogP contribution is 2.26. The lowest BCUT2D eigenvalue weighted by Crippen LogP contribution is -2.38. The van der Waals surface area contributed by atoms with Gasteiger partial charge in [-0.1, -0.05) is 44.2 Å². The summed E-state index contributed by atoms with van der Waals surface area (Å²) in [7, 11) is 0. The summed E-state index contributed by atoms with van der Waals surface area (Å²) < 4.78 is 41.1. The fourth-order valence-corrected chi connectivity index (χ4v) is 2.97. The second-order valence-electron chi connectivity index (χ2n) is 6.00. The molecule has 1 atom stereocenters. The highest BCUT2D eigenvalue weighted by Gasteiger charge is 2.29. The van der Waals surface area contributed by atoms with Crippen molar-refractivity contribution >= 4 is 11.6 Å². The second-order valence-corrected chi connectivity index (χ2v) is 6.00. The van der Waals surface area contributed by atoms with Crippen molar-refractivity contribution in [2.75, 3.05) is 19.6 Å². The molecule has 1 unspecified atom stereocenters. The van der Waals surface area contributed by atoms with E-state index in [0.29, 0.717) is 19.2 Å². The van der Waals surface area contributed by atoms with Crippen LogP contribution in [-0.2, 0) is 0 Å². The van der Waals surface area contributed by atoms with Crippen LogP contribution in [0.3, 0.4) is 0 Å². The molecule has 0 saturated carbocycles. The van der Waals surface area contributed by atoms with Crippen LogP contribution in [0.4, 0.5) is 18.9 Å². The van der Waals surface area contributed by atoms with Crippen molar-refractivity contribution in [2.24, 2.45) is 0 Å². The summed E-state index contributed by atoms with van der Waals surface area (Å²) in [5, 5.41) is 13.3. The number of nitrogens with zero attached hydrogens (tertiary/aromatic N) is 2. The number of benzene rings is 2. The van der Waals surface area contributed by atoms with E-state index < -0.39 is 39.5 Å². The van der Waals surface area contributed by atoms with Crippen molar-refractivity contribution in [3.63, 3.8) is 0 Å².